The third-order valence-electron chi connectivity index (χ3n) is 5.04. The van der Waals surface area contributed by atoms with Gasteiger partial charge in [0, 0.05) is 17.6 Å². The molecular weight excluding hydrogens is 498 g/mol. The van der Waals surface area contributed by atoms with Crippen molar-refractivity contribution in [3.8, 4) is 5.75 Å². The molecule has 0 atom stereocenters. The Morgan fingerprint density at radius 3 is 2.62 bits per heavy atom. The Bertz CT molecular complexity index is 1550. The Hall–Kier alpha value is -3.54. The molecule has 1 aliphatic heterocycles. The fraction of sp³-hybridized carbons (Fsp3) is 0.0909. The van der Waals surface area contributed by atoms with Crippen molar-refractivity contribution in [3.05, 3.63) is 87.2 Å². The van der Waals surface area contributed by atoms with Crippen molar-refractivity contribution in [1.82, 2.24) is 4.98 Å². The lowest BCUT2D eigenvalue weighted by Gasteiger charge is -2.24. The molecule has 34 heavy (non-hydrogen) atoms. The summed E-state index contributed by atoms with van der Waals surface area (Å²) in [6, 6.07) is 14.8. The highest BCUT2D eigenvalue weighted by Gasteiger charge is 2.17. The second kappa shape index (κ2) is 9.01. The standard InChI is InChI=1S/C22H18ClN5O4S2/c23-22-25-11-17(33-22)12-32-16-5-7-18(8-6-16)34(29,30)27-14-1-3-15(4-2-14)28-13-26-21-19(20(28)24)9-10-31-21/h1-11,27H,12-13,24H2. The Balaban J connectivity index is 1.25. The van der Waals surface area contributed by atoms with E-state index in [4.69, 9.17) is 26.5 Å². The Morgan fingerprint density at radius 1 is 1.15 bits per heavy atom. The fourth-order valence-electron chi connectivity index (χ4n) is 3.34. The van der Waals surface area contributed by atoms with Crippen LogP contribution in [0.4, 0.5) is 11.4 Å². The molecule has 174 valence electrons. The molecule has 0 fully saturated rings. The zero-order valence-corrected chi connectivity index (χ0v) is 19.9. The third-order valence-corrected chi connectivity index (χ3v) is 7.52. The SMILES string of the molecule is NC1=c2ccoc2=NCN1c1ccc(NS(=O)(=O)c2ccc(OCc3cnc(Cl)s3)cc2)cc1. The van der Waals surface area contributed by atoms with E-state index in [-0.39, 0.29) is 4.90 Å². The zero-order chi connectivity index (χ0) is 23.7. The van der Waals surface area contributed by atoms with E-state index in [0.29, 0.717) is 40.6 Å². The molecule has 12 heteroatoms. The average Bonchev–Trinajstić information content (AvgIpc) is 3.48. The van der Waals surface area contributed by atoms with Crippen molar-refractivity contribution in [1.29, 1.82) is 0 Å². The second-order valence-corrected chi connectivity index (χ2v) is 10.6. The monoisotopic (exact) mass is 515 g/mol. The van der Waals surface area contributed by atoms with Crippen molar-refractivity contribution < 1.29 is 17.6 Å². The van der Waals surface area contributed by atoms with E-state index in [1.165, 1.54) is 29.7 Å². The predicted molar refractivity (Wildman–Crippen MR) is 130 cm³/mol. The molecule has 0 amide bonds. The molecule has 0 radical (unpaired) electrons. The number of sulfonamides is 1. The molecule has 3 heterocycles. The van der Waals surface area contributed by atoms with Crippen molar-refractivity contribution in [3.63, 3.8) is 0 Å². The molecule has 0 bridgehead atoms. The number of benzene rings is 2. The van der Waals surface area contributed by atoms with E-state index in [1.54, 1.807) is 48.7 Å². The van der Waals surface area contributed by atoms with Gasteiger partial charge < -0.3 is 19.8 Å². The number of anilines is 2. The Morgan fingerprint density at radius 2 is 1.91 bits per heavy atom. The largest absolute Gasteiger partial charge is 0.488 e. The molecular formula is C22H18ClN5O4S2. The molecule has 9 nitrogen and oxygen atoms in total. The highest BCUT2D eigenvalue weighted by molar-refractivity contribution is 7.92. The molecule has 1 aliphatic rings. The average molecular weight is 516 g/mol. The number of fused-ring (bicyclic) bond motifs is 1. The van der Waals surface area contributed by atoms with Crippen molar-refractivity contribution in [2.45, 2.75) is 11.5 Å². The number of thiazole rings is 1. The summed E-state index contributed by atoms with van der Waals surface area (Å²) < 4.78 is 39.6. The fourth-order valence-corrected chi connectivity index (χ4v) is 5.29. The Labute approximate surface area is 203 Å². The number of rotatable bonds is 7. The van der Waals surface area contributed by atoms with Crippen LogP contribution in [0.5, 0.6) is 5.75 Å². The van der Waals surface area contributed by atoms with Crippen LogP contribution in [0.3, 0.4) is 0 Å². The van der Waals surface area contributed by atoms with Gasteiger partial charge in [0.05, 0.1) is 21.3 Å². The highest BCUT2D eigenvalue weighted by Crippen LogP contribution is 2.24. The summed E-state index contributed by atoms with van der Waals surface area (Å²) in [4.78, 5) is 11.1. The molecule has 4 aromatic rings. The number of halogens is 1. The van der Waals surface area contributed by atoms with Gasteiger partial charge in [-0.25, -0.2) is 18.4 Å². The first kappa shape index (κ1) is 22.3. The van der Waals surface area contributed by atoms with Gasteiger partial charge in [0.2, 0.25) is 5.55 Å². The molecule has 0 aliphatic carbocycles. The molecule has 0 spiro atoms. The van der Waals surface area contributed by atoms with Gasteiger partial charge in [-0.15, -0.1) is 11.3 Å². The smallest absolute Gasteiger partial charge is 0.261 e. The van der Waals surface area contributed by atoms with Gasteiger partial charge in [0.25, 0.3) is 10.0 Å². The van der Waals surface area contributed by atoms with Crippen molar-refractivity contribution in [2.75, 3.05) is 16.3 Å². The van der Waals surface area contributed by atoms with Crippen LogP contribution < -0.4 is 30.9 Å². The topological polar surface area (TPSA) is 123 Å². The van der Waals surface area contributed by atoms with E-state index in [0.717, 1.165) is 15.8 Å². The van der Waals surface area contributed by atoms with E-state index in [9.17, 15) is 8.42 Å². The van der Waals surface area contributed by atoms with Crippen LogP contribution in [0.1, 0.15) is 4.88 Å². The summed E-state index contributed by atoms with van der Waals surface area (Å²) in [5.41, 5.74) is 7.94. The van der Waals surface area contributed by atoms with Crippen LogP contribution in [0.25, 0.3) is 5.82 Å². The maximum atomic E-state index is 12.8. The van der Waals surface area contributed by atoms with Crippen LogP contribution in [-0.4, -0.2) is 20.1 Å². The lowest BCUT2D eigenvalue weighted by molar-refractivity contribution is 0.309. The zero-order valence-electron chi connectivity index (χ0n) is 17.5. The van der Waals surface area contributed by atoms with E-state index < -0.39 is 10.0 Å². The molecule has 5 rings (SSSR count). The maximum Gasteiger partial charge on any atom is 0.261 e. The number of hydrogen-bond donors (Lipinski definition) is 2. The molecule has 2 aromatic heterocycles. The number of ether oxygens (including phenoxy) is 1. The lowest BCUT2D eigenvalue weighted by Crippen LogP contribution is -2.42. The lowest BCUT2D eigenvalue weighted by atomic mass is 10.2. The minimum atomic E-state index is -3.78. The minimum absolute atomic E-state index is 0.115. The predicted octanol–water partition coefficient (Wildman–Crippen LogP) is 2.89. The summed E-state index contributed by atoms with van der Waals surface area (Å²) in [7, 11) is -3.78. The summed E-state index contributed by atoms with van der Waals surface area (Å²) in [6.07, 6.45) is 3.18. The van der Waals surface area contributed by atoms with Gasteiger partial charge in [-0.1, -0.05) is 11.6 Å². The van der Waals surface area contributed by atoms with E-state index >= 15 is 0 Å². The molecule has 0 unspecified atom stereocenters. The molecule has 2 aromatic carbocycles. The van der Waals surface area contributed by atoms with Crippen LogP contribution in [-0.2, 0) is 16.6 Å². The normalized spacial score (nSPS) is 13.3. The number of aromatic nitrogens is 1. The first-order chi connectivity index (χ1) is 16.4. The molecule has 0 saturated heterocycles. The van der Waals surface area contributed by atoms with Crippen LogP contribution in [0.15, 0.2) is 81.4 Å². The van der Waals surface area contributed by atoms with Gasteiger partial charge in [-0.3, -0.25) is 4.72 Å². The first-order valence-electron chi connectivity index (χ1n) is 10.0. The number of hydrogen-bond acceptors (Lipinski definition) is 9. The first-order valence-corrected chi connectivity index (χ1v) is 12.7. The number of nitrogens with two attached hydrogens (primary N) is 1. The second-order valence-electron chi connectivity index (χ2n) is 7.24. The van der Waals surface area contributed by atoms with Gasteiger partial charge in [-0.05, 0) is 54.6 Å². The van der Waals surface area contributed by atoms with E-state index in [2.05, 4.69) is 14.7 Å². The van der Waals surface area contributed by atoms with Crippen molar-refractivity contribution >= 4 is 50.2 Å². The third kappa shape index (κ3) is 4.58. The quantitative estimate of drug-likeness (QED) is 0.388. The summed E-state index contributed by atoms with van der Waals surface area (Å²) >= 11 is 7.14. The van der Waals surface area contributed by atoms with Crippen LogP contribution in [0, 0.1) is 0 Å². The Kier molecular flexibility index (Phi) is 5.90. The van der Waals surface area contributed by atoms with Gasteiger partial charge >= 0.3 is 0 Å². The van der Waals surface area contributed by atoms with Crippen molar-refractivity contribution in [2.24, 2.45) is 10.7 Å². The number of nitrogens with one attached hydrogen (secondary N) is 1. The molecule has 0 saturated carbocycles. The van der Waals surface area contributed by atoms with Crippen LogP contribution >= 0.6 is 22.9 Å². The summed E-state index contributed by atoms with van der Waals surface area (Å²) in [6.45, 7) is 0.608. The van der Waals surface area contributed by atoms with Gasteiger partial charge in [-0.2, -0.15) is 0 Å². The molecule has 3 N–H and O–H groups in total. The maximum absolute atomic E-state index is 12.8. The number of nitrogens with zero attached hydrogens (tertiary/aromatic N) is 3. The minimum Gasteiger partial charge on any atom is -0.488 e. The summed E-state index contributed by atoms with van der Waals surface area (Å²) in [5, 5.41) is 0.722. The van der Waals surface area contributed by atoms with Gasteiger partial charge in [0.15, 0.2) is 4.47 Å². The summed E-state index contributed by atoms with van der Waals surface area (Å²) in [5.74, 6) is 1.06. The highest BCUT2D eigenvalue weighted by atomic mass is 35.5. The van der Waals surface area contributed by atoms with Gasteiger partial charge in [0.1, 0.15) is 24.8 Å². The van der Waals surface area contributed by atoms with E-state index in [1.807, 2.05) is 4.90 Å². The van der Waals surface area contributed by atoms with Crippen LogP contribution in [0.2, 0.25) is 4.47 Å². The number of furan rings is 1.